The number of amides is 1. The number of carboxylic acid groups (broad SMARTS) is 2. The minimum Gasteiger partial charge on any atom is -0.497 e. The van der Waals surface area contributed by atoms with Crippen molar-refractivity contribution >= 4 is 12.1 Å². The van der Waals surface area contributed by atoms with E-state index < -0.39 is 17.6 Å². The lowest BCUT2D eigenvalue weighted by Crippen LogP contribution is -2.54. The van der Waals surface area contributed by atoms with Gasteiger partial charge >= 0.3 is 12.1 Å². The van der Waals surface area contributed by atoms with Crippen LogP contribution in [0, 0.1) is 0 Å². The number of benzene rings is 1. The van der Waals surface area contributed by atoms with Crippen molar-refractivity contribution in [3.8, 4) is 5.75 Å². The van der Waals surface area contributed by atoms with Gasteiger partial charge in [-0.3, -0.25) is 4.90 Å². The number of hydrogen-bond donors (Lipinski definition) is 2. The number of carbonyl (C=O) groups is 2. The Morgan fingerprint density at radius 3 is 2.45 bits per heavy atom. The lowest BCUT2D eigenvalue weighted by Gasteiger charge is -2.32. The topological polar surface area (TPSA) is 87.1 Å². The zero-order valence-electron chi connectivity index (χ0n) is 11.2. The molecule has 0 saturated carbocycles. The smallest absolute Gasteiger partial charge is 0.408 e. The number of rotatable bonds is 4. The number of aliphatic carboxylic acids is 1. The van der Waals surface area contributed by atoms with Crippen LogP contribution in [0.3, 0.4) is 0 Å². The summed E-state index contributed by atoms with van der Waals surface area (Å²) < 4.78 is 5.05. The van der Waals surface area contributed by atoms with Crippen LogP contribution in [-0.4, -0.2) is 46.4 Å². The van der Waals surface area contributed by atoms with E-state index in [0.29, 0.717) is 18.6 Å². The summed E-state index contributed by atoms with van der Waals surface area (Å²) in [5, 5.41) is 18.7. The van der Waals surface area contributed by atoms with Crippen molar-refractivity contribution in [1.82, 2.24) is 4.90 Å². The highest BCUT2D eigenvalue weighted by atomic mass is 16.5. The van der Waals surface area contributed by atoms with E-state index in [2.05, 4.69) is 0 Å². The molecule has 0 aromatic heterocycles. The van der Waals surface area contributed by atoms with E-state index in [1.807, 2.05) is 0 Å². The van der Waals surface area contributed by atoms with Gasteiger partial charge in [0.1, 0.15) is 11.3 Å². The largest absolute Gasteiger partial charge is 0.497 e. The highest BCUT2D eigenvalue weighted by molar-refractivity contribution is 5.85. The predicted molar refractivity (Wildman–Crippen MR) is 71.0 cm³/mol. The summed E-state index contributed by atoms with van der Waals surface area (Å²) in [6, 6.07) is 7.01. The molecule has 1 aliphatic rings. The molecule has 2 N–H and O–H groups in total. The molecule has 0 radical (unpaired) electrons. The molecule has 1 atom stereocenters. The summed E-state index contributed by atoms with van der Waals surface area (Å²) in [4.78, 5) is 23.9. The van der Waals surface area contributed by atoms with E-state index in [1.165, 1.54) is 0 Å². The van der Waals surface area contributed by atoms with Crippen LogP contribution in [0.1, 0.15) is 18.4 Å². The number of likely N-dealkylation sites (tertiary alicyclic amines) is 1. The second kappa shape index (κ2) is 5.40. The van der Waals surface area contributed by atoms with E-state index in [-0.39, 0.29) is 13.0 Å². The molecule has 1 amide bonds. The summed E-state index contributed by atoms with van der Waals surface area (Å²) in [5.41, 5.74) is -0.582. The molecule has 0 spiro atoms. The molecule has 0 bridgehead atoms. The molecular formula is C14H17NO5. The molecule has 6 heteroatoms. The van der Waals surface area contributed by atoms with E-state index in [0.717, 1.165) is 10.5 Å². The molecule has 1 unspecified atom stereocenters. The third-order valence-electron chi connectivity index (χ3n) is 3.77. The van der Waals surface area contributed by atoms with Crippen LogP contribution < -0.4 is 4.74 Å². The van der Waals surface area contributed by atoms with Crippen LogP contribution in [0.2, 0.25) is 0 Å². The van der Waals surface area contributed by atoms with Crippen molar-refractivity contribution in [1.29, 1.82) is 0 Å². The van der Waals surface area contributed by atoms with Gasteiger partial charge in [0, 0.05) is 13.0 Å². The maximum Gasteiger partial charge on any atom is 0.408 e. The molecule has 20 heavy (non-hydrogen) atoms. The summed E-state index contributed by atoms with van der Waals surface area (Å²) in [6.07, 6.45) is -0.118. The lowest BCUT2D eigenvalue weighted by molar-refractivity contribution is -0.148. The zero-order chi connectivity index (χ0) is 14.8. The van der Waals surface area contributed by atoms with Gasteiger partial charge in [-0.15, -0.1) is 0 Å². The van der Waals surface area contributed by atoms with Crippen molar-refractivity contribution in [3.05, 3.63) is 29.8 Å². The monoisotopic (exact) mass is 279 g/mol. The zero-order valence-corrected chi connectivity index (χ0v) is 11.2. The van der Waals surface area contributed by atoms with Crippen molar-refractivity contribution in [3.63, 3.8) is 0 Å². The molecule has 1 aliphatic heterocycles. The minimum atomic E-state index is -1.36. The summed E-state index contributed by atoms with van der Waals surface area (Å²) in [5.74, 6) is -0.409. The first-order valence-corrected chi connectivity index (χ1v) is 6.36. The Bertz CT molecular complexity index is 513. The van der Waals surface area contributed by atoms with Crippen molar-refractivity contribution < 1.29 is 24.5 Å². The molecule has 2 rings (SSSR count). The molecule has 108 valence electrons. The van der Waals surface area contributed by atoms with E-state index >= 15 is 0 Å². The fraction of sp³-hybridized carbons (Fsp3) is 0.429. The number of nitrogens with zero attached hydrogens (tertiary/aromatic N) is 1. The maximum atomic E-state index is 11.6. The minimum absolute atomic E-state index is 0.165. The van der Waals surface area contributed by atoms with Gasteiger partial charge in [-0.2, -0.15) is 0 Å². The molecular weight excluding hydrogens is 262 g/mol. The van der Waals surface area contributed by atoms with Gasteiger partial charge in [-0.05, 0) is 30.5 Å². The van der Waals surface area contributed by atoms with Gasteiger partial charge in [-0.25, -0.2) is 9.59 Å². The standard InChI is InChI=1S/C14H17NO5/c1-20-11-5-3-10(4-6-11)9-14(12(16)17)7-2-8-15(14)13(18)19/h3-6H,2,7-9H2,1H3,(H,16,17)(H,18,19). The third kappa shape index (κ3) is 2.41. The molecule has 1 saturated heterocycles. The molecule has 1 heterocycles. The van der Waals surface area contributed by atoms with Gasteiger partial charge in [0.2, 0.25) is 0 Å². The van der Waals surface area contributed by atoms with Gasteiger partial charge in [0.05, 0.1) is 7.11 Å². The van der Waals surface area contributed by atoms with Crippen LogP contribution in [0.25, 0.3) is 0 Å². The van der Waals surface area contributed by atoms with Gasteiger partial charge in [-0.1, -0.05) is 12.1 Å². The fourth-order valence-electron chi connectivity index (χ4n) is 2.72. The van der Waals surface area contributed by atoms with Gasteiger partial charge < -0.3 is 14.9 Å². The summed E-state index contributed by atoms with van der Waals surface area (Å²) >= 11 is 0. The lowest BCUT2D eigenvalue weighted by atomic mass is 9.88. The second-order valence-corrected chi connectivity index (χ2v) is 4.90. The predicted octanol–water partition coefficient (Wildman–Crippen LogP) is 1.83. The Morgan fingerprint density at radius 2 is 1.95 bits per heavy atom. The maximum absolute atomic E-state index is 11.6. The van der Waals surface area contributed by atoms with Crippen molar-refractivity contribution in [2.75, 3.05) is 13.7 Å². The quantitative estimate of drug-likeness (QED) is 0.878. The van der Waals surface area contributed by atoms with E-state index in [4.69, 9.17) is 4.74 Å². The molecule has 1 fully saturated rings. The first-order valence-electron chi connectivity index (χ1n) is 6.36. The Labute approximate surface area is 116 Å². The van der Waals surface area contributed by atoms with Gasteiger partial charge in [0.15, 0.2) is 0 Å². The fourth-order valence-corrected chi connectivity index (χ4v) is 2.72. The van der Waals surface area contributed by atoms with E-state index in [9.17, 15) is 19.8 Å². The number of hydrogen-bond acceptors (Lipinski definition) is 3. The average Bonchev–Trinajstić information content (AvgIpc) is 2.85. The molecule has 6 nitrogen and oxygen atoms in total. The number of carboxylic acids is 1. The van der Waals surface area contributed by atoms with Crippen LogP contribution in [-0.2, 0) is 11.2 Å². The molecule has 0 aliphatic carbocycles. The second-order valence-electron chi connectivity index (χ2n) is 4.90. The highest BCUT2D eigenvalue weighted by Gasteiger charge is 2.50. The first-order chi connectivity index (χ1) is 9.49. The first kappa shape index (κ1) is 14.2. The Morgan fingerprint density at radius 1 is 1.30 bits per heavy atom. The molecule has 1 aromatic rings. The van der Waals surface area contributed by atoms with Crippen LogP contribution >= 0.6 is 0 Å². The number of ether oxygens (including phenoxy) is 1. The summed E-state index contributed by atoms with van der Waals surface area (Å²) in [7, 11) is 1.55. The normalized spacial score (nSPS) is 21.8. The molecule has 1 aromatic carbocycles. The van der Waals surface area contributed by atoms with E-state index in [1.54, 1.807) is 31.4 Å². The average molecular weight is 279 g/mol. The SMILES string of the molecule is COc1ccc(CC2(C(=O)O)CCCN2C(=O)O)cc1. The highest BCUT2D eigenvalue weighted by Crippen LogP contribution is 2.33. The van der Waals surface area contributed by atoms with Gasteiger partial charge in [0.25, 0.3) is 0 Å². The summed E-state index contributed by atoms with van der Waals surface area (Å²) in [6.45, 7) is 0.262. The third-order valence-corrected chi connectivity index (χ3v) is 3.77. The Hall–Kier alpha value is -2.24. The van der Waals surface area contributed by atoms with Crippen LogP contribution in [0.5, 0.6) is 5.75 Å². The number of methoxy groups -OCH3 is 1. The van der Waals surface area contributed by atoms with Crippen molar-refractivity contribution in [2.24, 2.45) is 0 Å². The van der Waals surface area contributed by atoms with Crippen molar-refractivity contribution in [2.45, 2.75) is 24.8 Å². The van der Waals surface area contributed by atoms with Crippen LogP contribution in [0.4, 0.5) is 4.79 Å². The van der Waals surface area contributed by atoms with Crippen LogP contribution in [0.15, 0.2) is 24.3 Å². The Kier molecular flexibility index (Phi) is 3.83. The Balaban J connectivity index is 2.29.